The molecule has 4 amide bonds. The third-order valence-electron chi connectivity index (χ3n) is 5.06. The third kappa shape index (κ3) is 2.71. The summed E-state index contributed by atoms with van der Waals surface area (Å²) in [6.45, 7) is 0.233. The SMILES string of the molecule is NCc1cccc(-c2cccc3c2C(=O)N(C2CCC(=O)NC2=O)C3=O)c1Cl. The summed E-state index contributed by atoms with van der Waals surface area (Å²) >= 11 is 6.46. The maximum absolute atomic E-state index is 13.2. The minimum atomic E-state index is -1.01. The minimum Gasteiger partial charge on any atom is -0.326 e. The van der Waals surface area contributed by atoms with E-state index in [2.05, 4.69) is 5.32 Å². The summed E-state index contributed by atoms with van der Waals surface area (Å²) in [5.41, 5.74) is 7.95. The van der Waals surface area contributed by atoms with E-state index in [1.165, 1.54) is 0 Å². The van der Waals surface area contributed by atoms with Gasteiger partial charge in [0.05, 0.1) is 16.1 Å². The standard InChI is InChI=1S/C20H16ClN3O4/c21-17-10(9-22)3-1-5-12(17)11-4-2-6-13-16(11)20(28)24(19(13)27)14-7-8-15(25)23-18(14)26/h1-6,14H,7-9,22H2,(H,23,25,26). The summed E-state index contributed by atoms with van der Waals surface area (Å²) in [5, 5.41) is 2.60. The van der Waals surface area contributed by atoms with Crippen molar-refractivity contribution in [3.63, 3.8) is 0 Å². The number of hydrogen-bond donors (Lipinski definition) is 2. The summed E-state index contributed by atoms with van der Waals surface area (Å²) in [5.74, 6) is -2.18. The second-order valence-electron chi connectivity index (χ2n) is 6.66. The number of nitrogens with one attached hydrogen (secondary N) is 1. The highest BCUT2D eigenvalue weighted by atomic mass is 35.5. The number of benzene rings is 2. The Morgan fingerprint density at radius 2 is 1.68 bits per heavy atom. The van der Waals surface area contributed by atoms with Crippen LogP contribution < -0.4 is 11.1 Å². The summed E-state index contributed by atoms with van der Waals surface area (Å²) in [6, 6.07) is 9.23. The summed E-state index contributed by atoms with van der Waals surface area (Å²) in [6.07, 6.45) is 0.177. The number of nitrogens with zero attached hydrogens (tertiary/aromatic N) is 1. The van der Waals surface area contributed by atoms with Crippen molar-refractivity contribution in [3.05, 3.63) is 58.1 Å². The third-order valence-corrected chi connectivity index (χ3v) is 5.50. The van der Waals surface area contributed by atoms with E-state index in [1.807, 2.05) is 0 Å². The van der Waals surface area contributed by atoms with E-state index in [0.717, 1.165) is 10.5 Å². The molecule has 2 aromatic rings. The largest absolute Gasteiger partial charge is 0.326 e. The number of imide groups is 2. The molecule has 0 aromatic heterocycles. The van der Waals surface area contributed by atoms with Crippen LogP contribution in [0, 0.1) is 0 Å². The van der Waals surface area contributed by atoms with Gasteiger partial charge in [-0.05, 0) is 23.6 Å². The average molecular weight is 398 g/mol. The van der Waals surface area contributed by atoms with Crippen molar-refractivity contribution in [1.82, 2.24) is 10.2 Å². The van der Waals surface area contributed by atoms with Gasteiger partial charge in [-0.1, -0.05) is 41.9 Å². The van der Waals surface area contributed by atoms with Gasteiger partial charge in [0.1, 0.15) is 6.04 Å². The van der Waals surface area contributed by atoms with Gasteiger partial charge in [0.25, 0.3) is 11.8 Å². The molecule has 2 aromatic carbocycles. The Kier molecular flexibility index (Phi) is 4.49. The molecule has 1 atom stereocenters. The predicted octanol–water partition coefficient (Wildman–Crippen LogP) is 1.87. The zero-order valence-corrected chi connectivity index (χ0v) is 15.5. The van der Waals surface area contributed by atoms with Gasteiger partial charge in [-0.15, -0.1) is 0 Å². The molecule has 2 aliphatic heterocycles. The minimum absolute atomic E-state index is 0.0705. The van der Waals surface area contributed by atoms with Crippen molar-refractivity contribution in [2.45, 2.75) is 25.4 Å². The fraction of sp³-hybridized carbons (Fsp3) is 0.200. The lowest BCUT2D eigenvalue weighted by Crippen LogP contribution is -2.54. The molecule has 8 heteroatoms. The van der Waals surface area contributed by atoms with Crippen molar-refractivity contribution in [1.29, 1.82) is 0 Å². The maximum Gasteiger partial charge on any atom is 0.262 e. The molecule has 0 aliphatic carbocycles. The molecule has 3 N–H and O–H groups in total. The van der Waals surface area contributed by atoms with Crippen LogP contribution in [-0.2, 0) is 16.1 Å². The van der Waals surface area contributed by atoms with Gasteiger partial charge in [0, 0.05) is 18.5 Å². The predicted molar refractivity (Wildman–Crippen MR) is 101 cm³/mol. The van der Waals surface area contributed by atoms with Crippen LogP contribution in [0.4, 0.5) is 0 Å². The summed E-state index contributed by atoms with van der Waals surface area (Å²) < 4.78 is 0. The van der Waals surface area contributed by atoms with E-state index in [0.29, 0.717) is 16.1 Å². The van der Waals surface area contributed by atoms with Crippen LogP contribution in [0.25, 0.3) is 11.1 Å². The van der Waals surface area contributed by atoms with Crippen LogP contribution in [0.1, 0.15) is 39.1 Å². The Bertz CT molecular complexity index is 1050. The number of halogens is 1. The lowest BCUT2D eigenvalue weighted by molar-refractivity contribution is -0.136. The van der Waals surface area contributed by atoms with Crippen LogP contribution >= 0.6 is 11.6 Å². The van der Waals surface area contributed by atoms with Crippen LogP contribution in [0.5, 0.6) is 0 Å². The quantitative estimate of drug-likeness (QED) is 0.768. The van der Waals surface area contributed by atoms with Crippen LogP contribution in [0.2, 0.25) is 5.02 Å². The molecule has 7 nitrogen and oxygen atoms in total. The number of carbonyl (C=O) groups is 4. The second kappa shape index (κ2) is 6.85. The topological polar surface area (TPSA) is 110 Å². The van der Waals surface area contributed by atoms with Crippen molar-refractivity contribution in [2.75, 3.05) is 0 Å². The molecule has 0 bridgehead atoms. The zero-order valence-electron chi connectivity index (χ0n) is 14.7. The van der Waals surface area contributed by atoms with Crippen molar-refractivity contribution < 1.29 is 19.2 Å². The summed E-state index contributed by atoms with van der Waals surface area (Å²) in [7, 11) is 0. The molecule has 0 spiro atoms. The van der Waals surface area contributed by atoms with E-state index in [1.54, 1.807) is 36.4 Å². The second-order valence-corrected chi connectivity index (χ2v) is 7.04. The van der Waals surface area contributed by atoms with Gasteiger partial charge in [-0.25, -0.2) is 0 Å². The molecule has 2 heterocycles. The number of hydrogen-bond acceptors (Lipinski definition) is 5. The monoisotopic (exact) mass is 397 g/mol. The van der Waals surface area contributed by atoms with E-state index < -0.39 is 29.7 Å². The van der Waals surface area contributed by atoms with E-state index >= 15 is 0 Å². The molecule has 142 valence electrons. The molecular weight excluding hydrogens is 382 g/mol. The molecule has 1 fully saturated rings. The number of fused-ring (bicyclic) bond motifs is 1. The zero-order chi connectivity index (χ0) is 20.0. The van der Waals surface area contributed by atoms with Crippen molar-refractivity contribution in [2.24, 2.45) is 5.73 Å². The van der Waals surface area contributed by atoms with Gasteiger partial charge in [0.15, 0.2) is 0 Å². The van der Waals surface area contributed by atoms with Crippen molar-refractivity contribution >= 4 is 35.2 Å². The van der Waals surface area contributed by atoms with Gasteiger partial charge in [-0.2, -0.15) is 0 Å². The number of carbonyl (C=O) groups excluding carboxylic acids is 4. The highest BCUT2D eigenvalue weighted by Crippen LogP contribution is 2.38. The number of piperidine rings is 1. The maximum atomic E-state index is 13.2. The van der Waals surface area contributed by atoms with Crippen molar-refractivity contribution in [3.8, 4) is 11.1 Å². The fourth-order valence-corrected chi connectivity index (χ4v) is 3.99. The first-order valence-corrected chi connectivity index (χ1v) is 9.14. The highest BCUT2D eigenvalue weighted by molar-refractivity contribution is 6.35. The first-order valence-electron chi connectivity index (χ1n) is 8.76. The molecular formula is C20H16ClN3O4. The smallest absolute Gasteiger partial charge is 0.262 e. The van der Waals surface area contributed by atoms with Gasteiger partial charge >= 0.3 is 0 Å². The Labute approximate surface area is 165 Å². The summed E-state index contributed by atoms with van der Waals surface area (Å²) in [4.78, 5) is 50.6. The normalized spacial score (nSPS) is 19.1. The van der Waals surface area contributed by atoms with E-state index in [9.17, 15) is 19.2 Å². The fourth-order valence-electron chi connectivity index (χ4n) is 3.68. The number of rotatable bonds is 3. The average Bonchev–Trinajstić information content (AvgIpc) is 2.93. The lowest BCUT2D eigenvalue weighted by Gasteiger charge is -2.27. The van der Waals surface area contributed by atoms with E-state index in [4.69, 9.17) is 17.3 Å². The molecule has 28 heavy (non-hydrogen) atoms. The highest BCUT2D eigenvalue weighted by Gasteiger charge is 2.45. The van der Waals surface area contributed by atoms with Gasteiger partial charge in [-0.3, -0.25) is 29.4 Å². The van der Waals surface area contributed by atoms with Crippen LogP contribution in [-0.4, -0.2) is 34.6 Å². The van der Waals surface area contributed by atoms with E-state index in [-0.39, 0.29) is 30.5 Å². The van der Waals surface area contributed by atoms with Crippen LogP contribution in [0.3, 0.4) is 0 Å². The Morgan fingerprint density at radius 3 is 2.39 bits per heavy atom. The first kappa shape index (κ1) is 18.3. The van der Waals surface area contributed by atoms with Gasteiger partial charge < -0.3 is 5.73 Å². The Balaban J connectivity index is 1.81. The Morgan fingerprint density at radius 1 is 1.00 bits per heavy atom. The number of amides is 4. The molecule has 2 aliphatic rings. The Hall–Kier alpha value is -3.03. The lowest BCUT2D eigenvalue weighted by atomic mass is 9.95. The first-order chi connectivity index (χ1) is 13.4. The molecule has 1 saturated heterocycles. The molecule has 0 saturated carbocycles. The van der Waals surface area contributed by atoms with Gasteiger partial charge in [0.2, 0.25) is 11.8 Å². The number of nitrogens with two attached hydrogens (primary N) is 1. The molecule has 0 radical (unpaired) electrons. The van der Waals surface area contributed by atoms with Crippen LogP contribution in [0.15, 0.2) is 36.4 Å². The molecule has 1 unspecified atom stereocenters. The molecule has 4 rings (SSSR count).